The van der Waals surface area contributed by atoms with Gasteiger partial charge < -0.3 is 25.8 Å². The monoisotopic (exact) mass is 581 g/mol. The SMILES string of the molecule is C=C(/C(=C(\N)C1CC1)C(O)Oc1ccc(C2CC2c2cccc(C(=O)O)c2)c(Cl)c1)c1c(O)cccc1Cl.CC. The molecule has 210 valence electrons. The summed E-state index contributed by atoms with van der Waals surface area (Å²) in [4.78, 5) is 11.3. The van der Waals surface area contributed by atoms with Crippen LogP contribution in [0.5, 0.6) is 11.5 Å². The highest BCUT2D eigenvalue weighted by Gasteiger charge is 2.41. The molecule has 0 spiro atoms. The molecule has 8 heteroatoms. The van der Waals surface area contributed by atoms with Crippen molar-refractivity contribution in [2.45, 2.75) is 51.2 Å². The van der Waals surface area contributed by atoms with Gasteiger partial charge in [-0.25, -0.2) is 4.79 Å². The standard InChI is InChI=1S/C30H27Cl2NO5.C2H6/c1-15(26-23(31)6-3-7-25(26)34)27(28(33)16-8-9-16)30(37)38-19-10-11-20(24(32)13-19)22-14-21(22)17-4-2-5-18(12-17)29(35)36;1-2/h2-7,10-13,16,21-22,30,34,37H,1,8-9,14,33H2,(H,35,36);1-2H3/b28-27+;. The average Bonchev–Trinajstić information content (AvgIpc) is 3.85. The fraction of sp³-hybridized carbons (Fsp3) is 0.281. The normalized spacial score (nSPS) is 19.0. The van der Waals surface area contributed by atoms with Crippen molar-refractivity contribution in [3.63, 3.8) is 0 Å². The molecular weight excluding hydrogens is 549 g/mol. The van der Waals surface area contributed by atoms with Crippen LogP contribution in [0.1, 0.15) is 72.0 Å². The molecule has 5 rings (SSSR count). The maximum Gasteiger partial charge on any atom is 0.335 e. The first kappa shape index (κ1) is 29.5. The lowest BCUT2D eigenvalue weighted by Gasteiger charge is -2.23. The summed E-state index contributed by atoms with van der Waals surface area (Å²) in [6.45, 7) is 8.07. The van der Waals surface area contributed by atoms with Crippen molar-refractivity contribution in [2.75, 3.05) is 0 Å². The highest BCUT2D eigenvalue weighted by Crippen LogP contribution is 2.56. The van der Waals surface area contributed by atoms with E-state index in [1.54, 1.807) is 42.5 Å². The number of phenols is 1. The number of aromatic carboxylic acids is 1. The van der Waals surface area contributed by atoms with Crippen molar-refractivity contribution in [3.05, 3.63) is 111 Å². The van der Waals surface area contributed by atoms with Crippen LogP contribution in [0, 0.1) is 5.92 Å². The second-order valence-corrected chi connectivity index (χ2v) is 10.6. The minimum atomic E-state index is -1.46. The van der Waals surface area contributed by atoms with Crippen LogP contribution >= 0.6 is 23.2 Å². The van der Waals surface area contributed by atoms with Crippen LogP contribution in [0.2, 0.25) is 10.0 Å². The van der Waals surface area contributed by atoms with Gasteiger partial charge in [0.15, 0.2) is 0 Å². The summed E-state index contributed by atoms with van der Waals surface area (Å²) in [5.74, 6) is -0.241. The predicted octanol–water partition coefficient (Wildman–Crippen LogP) is 7.73. The number of rotatable bonds is 9. The molecule has 3 aromatic carbocycles. The van der Waals surface area contributed by atoms with Gasteiger partial charge >= 0.3 is 5.97 Å². The van der Waals surface area contributed by atoms with E-state index < -0.39 is 12.3 Å². The minimum Gasteiger partial charge on any atom is -0.507 e. The number of aromatic hydroxyl groups is 1. The zero-order valence-electron chi connectivity index (χ0n) is 22.4. The van der Waals surface area contributed by atoms with Crippen LogP contribution in [0.25, 0.3) is 5.57 Å². The first-order chi connectivity index (χ1) is 19.2. The van der Waals surface area contributed by atoms with Crippen molar-refractivity contribution in [2.24, 2.45) is 11.7 Å². The largest absolute Gasteiger partial charge is 0.507 e. The van der Waals surface area contributed by atoms with Crippen LogP contribution in [-0.4, -0.2) is 27.6 Å². The van der Waals surface area contributed by atoms with Crippen molar-refractivity contribution < 1.29 is 24.9 Å². The molecule has 0 heterocycles. The van der Waals surface area contributed by atoms with Gasteiger partial charge in [-0.2, -0.15) is 0 Å². The van der Waals surface area contributed by atoms with Crippen LogP contribution < -0.4 is 10.5 Å². The number of hydrogen-bond acceptors (Lipinski definition) is 5. The number of phenolic OH excluding ortho intramolecular Hbond substituents is 1. The zero-order chi connectivity index (χ0) is 29.1. The van der Waals surface area contributed by atoms with Crippen molar-refractivity contribution in [1.29, 1.82) is 0 Å². The van der Waals surface area contributed by atoms with Gasteiger partial charge in [0, 0.05) is 21.9 Å². The number of halogens is 2. The van der Waals surface area contributed by atoms with E-state index in [4.69, 9.17) is 33.7 Å². The molecule has 2 aliphatic rings. The molecule has 0 amide bonds. The van der Waals surface area contributed by atoms with Crippen molar-refractivity contribution in [1.82, 2.24) is 0 Å². The highest BCUT2D eigenvalue weighted by atomic mass is 35.5. The van der Waals surface area contributed by atoms with Gasteiger partial charge in [-0.15, -0.1) is 0 Å². The molecule has 2 saturated carbocycles. The molecule has 6 nitrogen and oxygen atoms in total. The average molecular weight is 583 g/mol. The van der Waals surface area contributed by atoms with Gasteiger partial charge in [-0.3, -0.25) is 0 Å². The van der Waals surface area contributed by atoms with Crippen LogP contribution in [-0.2, 0) is 0 Å². The van der Waals surface area contributed by atoms with Gasteiger partial charge in [0.2, 0.25) is 6.29 Å². The van der Waals surface area contributed by atoms with E-state index in [9.17, 15) is 20.1 Å². The van der Waals surface area contributed by atoms with E-state index in [0.717, 1.165) is 30.4 Å². The quantitative estimate of drug-likeness (QED) is 0.152. The molecular formula is C32H33Cl2NO5. The van der Waals surface area contributed by atoms with Crippen molar-refractivity contribution >= 4 is 34.7 Å². The topological polar surface area (TPSA) is 113 Å². The summed E-state index contributed by atoms with van der Waals surface area (Å²) in [6, 6.07) is 16.9. The number of allylic oxidation sites excluding steroid dienone is 1. The number of nitrogens with two attached hydrogens (primary N) is 1. The van der Waals surface area contributed by atoms with Crippen molar-refractivity contribution in [3.8, 4) is 11.5 Å². The lowest BCUT2D eigenvalue weighted by atomic mass is 9.95. The molecule has 0 radical (unpaired) electrons. The maximum atomic E-state index is 11.3. The first-order valence-corrected chi connectivity index (χ1v) is 14.0. The lowest BCUT2D eigenvalue weighted by molar-refractivity contribution is 0.0174. The van der Waals surface area contributed by atoms with E-state index >= 15 is 0 Å². The number of carbonyl (C=O) groups is 1. The van der Waals surface area contributed by atoms with E-state index in [0.29, 0.717) is 16.5 Å². The Morgan fingerprint density at radius 3 is 2.35 bits per heavy atom. The Kier molecular flexibility index (Phi) is 9.14. The molecule has 5 N–H and O–H groups in total. The molecule has 3 aromatic rings. The summed E-state index contributed by atoms with van der Waals surface area (Å²) >= 11 is 13.0. The summed E-state index contributed by atoms with van der Waals surface area (Å²) < 4.78 is 5.87. The number of aliphatic hydroxyl groups is 1. The Bertz CT molecular complexity index is 1440. The van der Waals surface area contributed by atoms with Gasteiger partial charge in [0.1, 0.15) is 11.5 Å². The molecule has 0 aromatic heterocycles. The third-order valence-electron chi connectivity index (χ3n) is 7.16. The van der Waals surface area contributed by atoms with Gasteiger partial charge in [-0.05, 0) is 90.1 Å². The predicted molar refractivity (Wildman–Crippen MR) is 159 cm³/mol. The lowest BCUT2D eigenvalue weighted by Crippen LogP contribution is -2.24. The van der Waals surface area contributed by atoms with Crippen LogP contribution in [0.15, 0.2) is 78.5 Å². The fourth-order valence-electron chi connectivity index (χ4n) is 4.91. The zero-order valence-corrected chi connectivity index (χ0v) is 23.9. The molecule has 0 saturated heterocycles. The summed E-state index contributed by atoms with van der Waals surface area (Å²) in [5, 5.41) is 31.6. The first-order valence-electron chi connectivity index (χ1n) is 13.3. The minimum absolute atomic E-state index is 0.0731. The second-order valence-electron chi connectivity index (χ2n) is 9.79. The smallest absolute Gasteiger partial charge is 0.335 e. The number of carboxylic acids is 1. The fourth-order valence-corrected chi connectivity index (χ4v) is 5.50. The molecule has 0 aliphatic heterocycles. The number of ether oxygens (including phenoxy) is 1. The molecule has 2 aliphatic carbocycles. The maximum absolute atomic E-state index is 11.3. The Labute approximate surface area is 244 Å². The van der Waals surface area contributed by atoms with Gasteiger partial charge in [-0.1, -0.05) is 67.9 Å². The molecule has 2 fully saturated rings. The Morgan fingerprint density at radius 2 is 1.73 bits per heavy atom. The molecule has 3 atom stereocenters. The van der Waals surface area contributed by atoms with E-state index in [1.165, 1.54) is 6.07 Å². The number of carboxylic acid groups (broad SMARTS) is 1. The summed E-state index contributed by atoms with van der Waals surface area (Å²) in [7, 11) is 0. The second kappa shape index (κ2) is 12.4. The number of hydrogen-bond donors (Lipinski definition) is 4. The third-order valence-corrected chi connectivity index (χ3v) is 7.81. The van der Waals surface area contributed by atoms with Gasteiger partial charge in [0.25, 0.3) is 0 Å². The Hall–Kier alpha value is -3.45. The molecule has 0 bridgehead atoms. The Balaban J connectivity index is 0.00000181. The number of benzene rings is 3. The molecule has 3 unspecified atom stereocenters. The van der Waals surface area contributed by atoms with E-state index in [1.807, 2.05) is 26.0 Å². The van der Waals surface area contributed by atoms with E-state index in [-0.39, 0.29) is 50.8 Å². The summed E-state index contributed by atoms with van der Waals surface area (Å²) in [5.41, 5.74) is 9.87. The van der Waals surface area contributed by atoms with Gasteiger partial charge in [0.05, 0.1) is 10.6 Å². The molecule has 40 heavy (non-hydrogen) atoms. The Morgan fingerprint density at radius 1 is 1.02 bits per heavy atom. The van der Waals surface area contributed by atoms with Crippen LogP contribution in [0.4, 0.5) is 0 Å². The van der Waals surface area contributed by atoms with Crippen LogP contribution in [0.3, 0.4) is 0 Å². The summed E-state index contributed by atoms with van der Waals surface area (Å²) in [6.07, 6.45) is 1.18. The number of aliphatic hydroxyl groups excluding tert-OH is 1. The highest BCUT2D eigenvalue weighted by molar-refractivity contribution is 6.33. The van der Waals surface area contributed by atoms with E-state index in [2.05, 4.69) is 6.58 Å². The third kappa shape index (κ3) is 6.30.